The van der Waals surface area contributed by atoms with Crippen molar-refractivity contribution in [1.82, 2.24) is 9.97 Å². The van der Waals surface area contributed by atoms with Crippen LogP contribution >= 0.6 is 11.8 Å². The van der Waals surface area contributed by atoms with E-state index >= 15 is 0 Å². The van der Waals surface area contributed by atoms with E-state index in [2.05, 4.69) is 9.97 Å². The van der Waals surface area contributed by atoms with Crippen molar-refractivity contribution >= 4 is 11.8 Å². The Morgan fingerprint density at radius 1 is 1.62 bits per heavy atom. The van der Waals surface area contributed by atoms with Gasteiger partial charge in [0, 0.05) is 5.75 Å². The normalized spacial score (nSPS) is 10.6. The fraction of sp³-hybridized carbons (Fsp3) is 0.625. The standard InChI is InChI=1S/C8H15N3OS/c9-2-1-3-13-5-8-7(4-12)10-6-11-8/h6,12H,1-5,9H2,(H,10,11). The molecule has 1 heterocycles. The summed E-state index contributed by atoms with van der Waals surface area (Å²) in [5, 5.41) is 8.91. The van der Waals surface area contributed by atoms with Gasteiger partial charge in [-0.05, 0) is 18.7 Å². The molecule has 74 valence electrons. The summed E-state index contributed by atoms with van der Waals surface area (Å²) in [5.74, 6) is 1.90. The summed E-state index contributed by atoms with van der Waals surface area (Å²) in [5.41, 5.74) is 7.14. The zero-order chi connectivity index (χ0) is 9.52. The lowest BCUT2D eigenvalue weighted by molar-refractivity contribution is 0.276. The highest BCUT2D eigenvalue weighted by Crippen LogP contribution is 2.13. The van der Waals surface area contributed by atoms with E-state index in [0.717, 1.165) is 35.9 Å². The molecule has 0 spiro atoms. The largest absolute Gasteiger partial charge is 0.390 e. The lowest BCUT2D eigenvalue weighted by Gasteiger charge is -1.99. The number of aromatic amines is 1. The van der Waals surface area contributed by atoms with E-state index in [1.54, 1.807) is 18.1 Å². The molecule has 0 fully saturated rings. The van der Waals surface area contributed by atoms with Crippen LogP contribution in [0, 0.1) is 0 Å². The molecule has 4 N–H and O–H groups in total. The Labute approximate surface area is 81.9 Å². The Morgan fingerprint density at radius 2 is 2.46 bits per heavy atom. The molecule has 5 heteroatoms. The molecular weight excluding hydrogens is 186 g/mol. The third-order valence-corrected chi connectivity index (χ3v) is 2.75. The Balaban J connectivity index is 2.27. The van der Waals surface area contributed by atoms with Gasteiger partial charge in [0.2, 0.25) is 0 Å². The minimum absolute atomic E-state index is 0.0345. The predicted octanol–water partition coefficient (Wildman–Crippen LogP) is 0.484. The number of aliphatic hydroxyl groups is 1. The average Bonchev–Trinajstić information content (AvgIpc) is 2.60. The molecule has 0 unspecified atom stereocenters. The zero-order valence-electron chi connectivity index (χ0n) is 7.49. The summed E-state index contributed by atoms with van der Waals surface area (Å²) in [6.45, 7) is 0.771. The van der Waals surface area contributed by atoms with Crippen LogP contribution < -0.4 is 5.73 Å². The maximum Gasteiger partial charge on any atom is 0.0926 e. The van der Waals surface area contributed by atoms with Crippen molar-refractivity contribution in [3.63, 3.8) is 0 Å². The van der Waals surface area contributed by atoms with Crippen molar-refractivity contribution in [3.8, 4) is 0 Å². The van der Waals surface area contributed by atoms with Crippen molar-refractivity contribution in [1.29, 1.82) is 0 Å². The second-order valence-corrected chi connectivity index (χ2v) is 3.79. The lowest BCUT2D eigenvalue weighted by Crippen LogP contribution is -2.00. The number of nitrogens with one attached hydrogen (secondary N) is 1. The number of nitrogens with zero attached hydrogens (tertiary/aromatic N) is 1. The number of aromatic nitrogens is 2. The fourth-order valence-corrected chi connectivity index (χ4v) is 1.92. The summed E-state index contributed by atoms with van der Waals surface area (Å²) in [6.07, 6.45) is 2.65. The molecule has 1 aromatic rings. The van der Waals surface area contributed by atoms with Gasteiger partial charge >= 0.3 is 0 Å². The summed E-state index contributed by atoms with van der Waals surface area (Å²) in [7, 11) is 0. The number of aliphatic hydroxyl groups excluding tert-OH is 1. The molecule has 0 radical (unpaired) electrons. The Hall–Kier alpha value is -0.520. The fourth-order valence-electron chi connectivity index (χ4n) is 0.965. The average molecular weight is 201 g/mol. The van der Waals surface area contributed by atoms with E-state index in [0.29, 0.717) is 0 Å². The van der Waals surface area contributed by atoms with Gasteiger partial charge in [-0.3, -0.25) is 0 Å². The van der Waals surface area contributed by atoms with Gasteiger partial charge in [-0.2, -0.15) is 11.8 Å². The highest BCUT2D eigenvalue weighted by Gasteiger charge is 2.03. The smallest absolute Gasteiger partial charge is 0.0926 e. The first kappa shape index (κ1) is 10.6. The van der Waals surface area contributed by atoms with Crippen LogP contribution in [0.25, 0.3) is 0 Å². The van der Waals surface area contributed by atoms with Gasteiger partial charge in [-0.1, -0.05) is 0 Å². The van der Waals surface area contributed by atoms with E-state index in [-0.39, 0.29) is 6.61 Å². The third-order valence-electron chi connectivity index (χ3n) is 1.70. The van der Waals surface area contributed by atoms with Crippen LogP contribution in [0.4, 0.5) is 0 Å². The third kappa shape index (κ3) is 3.38. The molecule has 1 aromatic heterocycles. The highest BCUT2D eigenvalue weighted by atomic mass is 32.2. The molecule has 0 aliphatic rings. The highest BCUT2D eigenvalue weighted by molar-refractivity contribution is 7.98. The maximum atomic E-state index is 8.91. The van der Waals surface area contributed by atoms with Gasteiger partial charge in [0.1, 0.15) is 0 Å². The Morgan fingerprint density at radius 3 is 3.15 bits per heavy atom. The van der Waals surface area contributed by atoms with Crippen LogP contribution in [-0.2, 0) is 12.4 Å². The van der Waals surface area contributed by atoms with Crippen LogP contribution in [0.1, 0.15) is 17.8 Å². The first-order valence-electron chi connectivity index (χ1n) is 4.28. The molecule has 0 aliphatic carbocycles. The second-order valence-electron chi connectivity index (χ2n) is 2.68. The molecule has 0 saturated carbocycles. The Bertz CT molecular complexity index is 239. The molecule has 4 nitrogen and oxygen atoms in total. The monoisotopic (exact) mass is 201 g/mol. The zero-order valence-corrected chi connectivity index (χ0v) is 8.31. The Kier molecular flexibility index (Phi) is 4.88. The maximum absolute atomic E-state index is 8.91. The van der Waals surface area contributed by atoms with Gasteiger partial charge in [-0.15, -0.1) is 0 Å². The molecule has 13 heavy (non-hydrogen) atoms. The molecular formula is C8H15N3OS. The minimum Gasteiger partial charge on any atom is -0.390 e. The molecule has 1 rings (SSSR count). The van der Waals surface area contributed by atoms with Gasteiger partial charge in [0.15, 0.2) is 0 Å². The van der Waals surface area contributed by atoms with Gasteiger partial charge in [-0.25, -0.2) is 4.98 Å². The number of H-pyrrole nitrogens is 1. The summed E-state index contributed by atoms with van der Waals surface area (Å²) in [6, 6.07) is 0. The number of hydrogen-bond donors (Lipinski definition) is 3. The molecule has 0 amide bonds. The number of nitrogens with two attached hydrogens (primary N) is 1. The summed E-state index contributed by atoms with van der Waals surface area (Å²) in [4.78, 5) is 7.01. The van der Waals surface area contributed by atoms with Crippen molar-refractivity contribution in [2.45, 2.75) is 18.8 Å². The summed E-state index contributed by atoms with van der Waals surface area (Å²) >= 11 is 1.79. The number of imidazole rings is 1. The van der Waals surface area contributed by atoms with Crippen LogP contribution in [0.15, 0.2) is 6.33 Å². The van der Waals surface area contributed by atoms with Crippen molar-refractivity contribution in [2.75, 3.05) is 12.3 Å². The van der Waals surface area contributed by atoms with Crippen LogP contribution in [-0.4, -0.2) is 27.4 Å². The van der Waals surface area contributed by atoms with Crippen molar-refractivity contribution in [2.24, 2.45) is 5.73 Å². The number of rotatable bonds is 6. The molecule has 0 aromatic carbocycles. The van der Waals surface area contributed by atoms with E-state index < -0.39 is 0 Å². The molecule has 0 atom stereocenters. The molecule has 0 bridgehead atoms. The topological polar surface area (TPSA) is 74.9 Å². The van der Waals surface area contributed by atoms with Crippen molar-refractivity contribution < 1.29 is 5.11 Å². The van der Waals surface area contributed by atoms with Crippen LogP contribution in [0.3, 0.4) is 0 Å². The molecule has 0 saturated heterocycles. The first-order chi connectivity index (χ1) is 6.38. The summed E-state index contributed by atoms with van der Waals surface area (Å²) < 4.78 is 0. The predicted molar refractivity (Wildman–Crippen MR) is 54.3 cm³/mol. The number of thioether (sulfide) groups is 1. The molecule has 0 aliphatic heterocycles. The minimum atomic E-state index is 0.0345. The van der Waals surface area contributed by atoms with Gasteiger partial charge < -0.3 is 15.8 Å². The van der Waals surface area contributed by atoms with Gasteiger partial charge in [0.05, 0.1) is 24.3 Å². The van der Waals surface area contributed by atoms with Crippen LogP contribution in [0.2, 0.25) is 0 Å². The van der Waals surface area contributed by atoms with E-state index in [4.69, 9.17) is 10.8 Å². The van der Waals surface area contributed by atoms with E-state index in [1.807, 2.05) is 0 Å². The second kappa shape index (κ2) is 6.01. The van der Waals surface area contributed by atoms with E-state index in [1.165, 1.54) is 0 Å². The van der Waals surface area contributed by atoms with E-state index in [9.17, 15) is 0 Å². The first-order valence-corrected chi connectivity index (χ1v) is 5.43. The van der Waals surface area contributed by atoms with Crippen LogP contribution in [0.5, 0.6) is 0 Å². The lowest BCUT2D eigenvalue weighted by atomic mass is 10.4. The van der Waals surface area contributed by atoms with Gasteiger partial charge in [0.25, 0.3) is 0 Å². The SMILES string of the molecule is NCCCSCc1nc[nH]c1CO. The quantitative estimate of drug-likeness (QED) is 0.585. The number of hydrogen-bond acceptors (Lipinski definition) is 4. The van der Waals surface area contributed by atoms with Crippen molar-refractivity contribution in [3.05, 3.63) is 17.7 Å².